The summed E-state index contributed by atoms with van der Waals surface area (Å²) < 4.78 is 51.6. The fourth-order valence-corrected chi connectivity index (χ4v) is 4.86. The third-order valence-corrected chi connectivity index (χ3v) is 6.61. The van der Waals surface area contributed by atoms with E-state index in [0.29, 0.717) is 5.75 Å². The molecule has 1 atom stereocenters. The number of benzene rings is 2. The minimum Gasteiger partial charge on any atom is -0.457 e. The number of carbonyl (C=O) groups is 1. The van der Waals surface area contributed by atoms with Crippen molar-refractivity contribution in [3.05, 3.63) is 72.3 Å². The number of carbonyl (C=O) groups excluding carboxylic acids is 1. The number of nitrogens with two attached hydrogens (primary N) is 1. The molecule has 0 unspecified atom stereocenters. The monoisotopic (exact) mass is 561 g/mol. The molecule has 41 heavy (non-hydrogen) atoms. The summed E-state index contributed by atoms with van der Waals surface area (Å²) in [6.45, 7) is 2.53. The number of hydrogen-bond donors (Lipinski definition) is 1. The molecule has 210 valence electrons. The molecule has 1 aliphatic heterocycles. The second kappa shape index (κ2) is 10.9. The molecular formula is C29H26F3N7O2. The first-order valence-corrected chi connectivity index (χ1v) is 12.9. The number of halogens is 3. The van der Waals surface area contributed by atoms with Crippen molar-refractivity contribution < 1.29 is 22.7 Å². The number of rotatable bonds is 7. The summed E-state index contributed by atoms with van der Waals surface area (Å²) >= 11 is 0. The molecule has 2 aromatic carbocycles. The van der Waals surface area contributed by atoms with Crippen molar-refractivity contribution in [1.29, 1.82) is 5.26 Å². The Hall–Kier alpha value is -4.92. The SMILES string of the molecule is CC(C)/C=C(/C#N)C(=O)N1CC(F)(F)C[C@H]1Cn1nc(-c2ccc(Oc3ccccc3)cc2F)c2c(N)ncnc21. The van der Waals surface area contributed by atoms with Gasteiger partial charge in [0, 0.05) is 18.1 Å². The maximum atomic E-state index is 15.4. The van der Waals surface area contributed by atoms with Crippen molar-refractivity contribution >= 4 is 22.8 Å². The minimum atomic E-state index is -3.17. The van der Waals surface area contributed by atoms with Crippen molar-refractivity contribution in [2.75, 3.05) is 12.3 Å². The number of nitrogen functional groups attached to an aromatic ring is 1. The second-order valence-corrected chi connectivity index (χ2v) is 10.1. The van der Waals surface area contributed by atoms with Gasteiger partial charge < -0.3 is 15.4 Å². The highest BCUT2D eigenvalue weighted by molar-refractivity contribution is 5.99. The van der Waals surface area contributed by atoms with Gasteiger partial charge >= 0.3 is 0 Å². The number of para-hydroxylation sites is 1. The zero-order chi connectivity index (χ0) is 29.3. The highest BCUT2D eigenvalue weighted by atomic mass is 19.3. The molecule has 4 aromatic rings. The van der Waals surface area contributed by atoms with Gasteiger partial charge in [-0.25, -0.2) is 27.8 Å². The van der Waals surface area contributed by atoms with Crippen molar-refractivity contribution in [2.24, 2.45) is 5.92 Å². The van der Waals surface area contributed by atoms with Crippen molar-refractivity contribution in [3.8, 4) is 28.8 Å². The summed E-state index contributed by atoms with van der Waals surface area (Å²) in [5.41, 5.74) is 6.31. The van der Waals surface area contributed by atoms with Crippen LogP contribution >= 0.6 is 0 Å². The van der Waals surface area contributed by atoms with E-state index in [4.69, 9.17) is 10.5 Å². The van der Waals surface area contributed by atoms with Crippen LogP contribution in [0.3, 0.4) is 0 Å². The van der Waals surface area contributed by atoms with Gasteiger partial charge in [0.1, 0.15) is 46.8 Å². The molecule has 5 rings (SSSR count). The molecule has 0 spiro atoms. The highest BCUT2D eigenvalue weighted by Gasteiger charge is 2.48. The summed E-state index contributed by atoms with van der Waals surface area (Å²) in [6.07, 6.45) is 1.99. The summed E-state index contributed by atoms with van der Waals surface area (Å²) in [5, 5.41) is 14.2. The maximum Gasteiger partial charge on any atom is 0.267 e. The summed E-state index contributed by atoms with van der Waals surface area (Å²) in [6, 6.07) is 13.9. The van der Waals surface area contributed by atoms with Crippen LogP contribution in [0.5, 0.6) is 11.5 Å². The third-order valence-electron chi connectivity index (χ3n) is 6.61. The quantitative estimate of drug-likeness (QED) is 0.238. The van der Waals surface area contributed by atoms with Crippen LogP contribution in [0.25, 0.3) is 22.3 Å². The molecule has 1 aliphatic rings. The maximum absolute atomic E-state index is 15.4. The topological polar surface area (TPSA) is 123 Å². The molecule has 1 fully saturated rings. The number of nitrogens with zero attached hydrogens (tertiary/aromatic N) is 6. The van der Waals surface area contributed by atoms with Crippen LogP contribution in [0.2, 0.25) is 0 Å². The number of ether oxygens (including phenoxy) is 1. The van der Waals surface area contributed by atoms with Gasteiger partial charge in [-0.3, -0.25) is 4.79 Å². The Labute approximate surface area is 233 Å². The van der Waals surface area contributed by atoms with Crippen LogP contribution in [0.4, 0.5) is 19.0 Å². The fourth-order valence-electron chi connectivity index (χ4n) is 4.86. The van der Waals surface area contributed by atoms with Gasteiger partial charge in [0.05, 0.1) is 24.5 Å². The molecule has 3 heterocycles. The molecule has 0 radical (unpaired) electrons. The Morgan fingerprint density at radius 2 is 1.98 bits per heavy atom. The van der Waals surface area contributed by atoms with E-state index in [1.165, 1.54) is 29.2 Å². The van der Waals surface area contributed by atoms with Crippen molar-refractivity contribution in [1.82, 2.24) is 24.6 Å². The van der Waals surface area contributed by atoms with E-state index in [9.17, 15) is 18.8 Å². The lowest BCUT2D eigenvalue weighted by Crippen LogP contribution is -2.39. The first kappa shape index (κ1) is 27.6. The number of anilines is 1. The van der Waals surface area contributed by atoms with E-state index in [1.807, 2.05) is 12.1 Å². The Kier molecular flexibility index (Phi) is 7.36. The molecule has 9 nitrogen and oxygen atoms in total. The number of fused-ring (bicyclic) bond motifs is 1. The minimum absolute atomic E-state index is 0.0246. The van der Waals surface area contributed by atoms with Gasteiger partial charge in [0.25, 0.3) is 11.8 Å². The van der Waals surface area contributed by atoms with Crippen LogP contribution in [0, 0.1) is 23.1 Å². The molecular weight excluding hydrogens is 535 g/mol. The van der Waals surface area contributed by atoms with E-state index < -0.39 is 36.7 Å². The van der Waals surface area contributed by atoms with Gasteiger partial charge in [-0.2, -0.15) is 10.4 Å². The number of alkyl halides is 2. The van der Waals surface area contributed by atoms with Gasteiger partial charge in [0.2, 0.25) is 0 Å². The van der Waals surface area contributed by atoms with Gasteiger partial charge in [-0.05, 0) is 30.2 Å². The Morgan fingerprint density at radius 1 is 1.22 bits per heavy atom. The largest absolute Gasteiger partial charge is 0.457 e. The highest BCUT2D eigenvalue weighted by Crippen LogP contribution is 2.37. The molecule has 1 amide bonds. The summed E-state index contributed by atoms with van der Waals surface area (Å²) in [7, 11) is 0. The van der Waals surface area contributed by atoms with E-state index in [0.717, 1.165) is 4.90 Å². The Balaban J connectivity index is 1.51. The summed E-state index contributed by atoms with van der Waals surface area (Å²) in [4.78, 5) is 22.4. The van der Waals surface area contributed by atoms with Crippen LogP contribution < -0.4 is 10.5 Å². The van der Waals surface area contributed by atoms with Gasteiger partial charge in [-0.15, -0.1) is 0 Å². The first-order chi connectivity index (χ1) is 19.6. The predicted octanol–water partition coefficient (Wildman–Crippen LogP) is 5.35. The number of amides is 1. The lowest BCUT2D eigenvalue weighted by Gasteiger charge is -2.24. The molecule has 12 heteroatoms. The fraction of sp³-hybridized carbons (Fsp3) is 0.276. The lowest BCUT2D eigenvalue weighted by molar-refractivity contribution is -0.129. The lowest BCUT2D eigenvalue weighted by atomic mass is 10.1. The molecule has 1 saturated heterocycles. The zero-order valence-corrected chi connectivity index (χ0v) is 22.3. The number of aromatic nitrogens is 4. The van der Waals surface area contributed by atoms with E-state index >= 15 is 4.39 Å². The van der Waals surface area contributed by atoms with Crippen LogP contribution in [0.1, 0.15) is 20.3 Å². The van der Waals surface area contributed by atoms with E-state index in [1.54, 1.807) is 44.2 Å². The van der Waals surface area contributed by atoms with E-state index in [2.05, 4.69) is 15.1 Å². The normalized spacial score (nSPS) is 16.8. The third kappa shape index (κ3) is 5.70. The van der Waals surface area contributed by atoms with Crippen LogP contribution in [-0.4, -0.2) is 49.1 Å². The molecule has 0 aliphatic carbocycles. The smallest absolute Gasteiger partial charge is 0.267 e. The average Bonchev–Trinajstić information content (AvgIpc) is 3.44. The second-order valence-electron chi connectivity index (χ2n) is 10.1. The molecule has 2 aromatic heterocycles. The van der Waals surface area contributed by atoms with Gasteiger partial charge in [-0.1, -0.05) is 38.1 Å². The van der Waals surface area contributed by atoms with Crippen LogP contribution in [0.15, 0.2) is 66.5 Å². The van der Waals surface area contributed by atoms with Crippen molar-refractivity contribution in [3.63, 3.8) is 0 Å². The Morgan fingerprint density at radius 3 is 2.66 bits per heavy atom. The van der Waals surface area contributed by atoms with E-state index in [-0.39, 0.29) is 51.9 Å². The standard InChI is InChI=1S/C29H26F3N7O2/c1-17(2)10-18(13-33)28(40)38-15-29(31,32)12-19(38)14-39-27-24(26(34)35-16-36-27)25(37-39)22-9-8-21(11-23(22)30)41-20-6-4-3-5-7-20/h3-11,16-17,19H,12,14-15H2,1-2H3,(H2,34,35,36)/b18-10-/t19-/m0/s1. The van der Waals surface area contributed by atoms with Crippen LogP contribution in [-0.2, 0) is 11.3 Å². The molecule has 0 saturated carbocycles. The molecule has 0 bridgehead atoms. The number of allylic oxidation sites excluding steroid dienone is 1. The first-order valence-electron chi connectivity index (χ1n) is 12.9. The zero-order valence-electron chi connectivity index (χ0n) is 22.3. The average molecular weight is 562 g/mol. The number of likely N-dealkylation sites (tertiary alicyclic amines) is 1. The number of nitriles is 1. The van der Waals surface area contributed by atoms with Crippen molar-refractivity contribution in [2.45, 2.75) is 38.8 Å². The molecule has 2 N–H and O–H groups in total. The Bertz CT molecular complexity index is 1680. The number of hydrogen-bond acceptors (Lipinski definition) is 7. The summed E-state index contributed by atoms with van der Waals surface area (Å²) in [5.74, 6) is -3.93. The predicted molar refractivity (Wildman–Crippen MR) is 145 cm³/mol. The van der Waals surface area contributed by atoms with Gasteiger partial charge in [0.15, 0.2) is 5.65 Å².